The summed E-state index contributed by atoms with van der Waals surface area (Å²) in [6, 6.07) is 0. The molecule has 10 nitrogen and oxygen atoms in total. The average Bonchev–Trinajstić information content (AvgIpc) is 2.98. The number of amidine groups is 2. The van der Waals surface area contributed by atoms with Crippen molar-refractivity contribution in [2.75, 3.05) is 26.0 Å². The molecule has 26 heavy (non-hydrogen) atoms. The van der Waals surface area contributed by atoms with Crippen molar-refractivity contribution in [1.82, 2.24) is 9.80 Å². The Morgan fingerprint density at radius 3 is 2.54 bits per heavy atom. The molecule has 0 N–H and O–H groups in total. The maximum atomic E-state index is 12.0. The third-order valence-electron chi connectivity index (χ3n) is 2.91. The zero-order valence-electron chi connectivity index (χ0n) is 14.5. The third-order valence-corrected chi connectivity index (χ3v) is 5.52. The molecule has 0 bridgehead atoms. The summed E-state index contributed by atoms with van der Waals surface area (Å²) < 4.78 is 14.6. The second-order valence-electron chi connectivity index (χ2n) is 4.59. The van der Waals surface area contributed by atoms with Crippen LogP contribution in [0.25, 0.3) is 0 Å². The fourth-order valence-corrected chi connectivity index (χ4v) is 4.05. The summed E-state index contributed by atoms with van der Waals surface area (Å²) in [7, 11) is -3.71. The van der Waals surface area contributed by atoms with Crippen LogP contribution in [0.3, 0.4) is 0 Å². The summed E-state index contributed by atoms with van der Waals surface area (Å²) in [6.07, 6.45) is 1.56. The Kier molecular flexibility index (Phi) is 12.1. The number of nitrogens with zero attached hydrogens (tertiary/aromatic N) is 4. The van der Waals surface area contributed by atoms with E-state index in [1.165, 1.54) is 28.6 Å². The molecule has 0 aliphatic carbocycles. The molecule has 0 aromatic heterocycles. The van der Waals surface area contributed by atoms with Gasteiger partial charge in [-0.3, -0.25) is 19.4 Å². The second kappa shape index (κ2) is 11.7. The van der Waals surface area contributed by atoms with E-state index < -0.39 is 25.6 Å². The number of carbonyl (C=O) groups excluding carboxylic acids is 2. The van der Waals surface area contributed by atoms with Crippen molar-refractivity contribution in [3.63, 3.8) is 0 Å². The Morgan fingerprint density at radius 1 is 1.35 bits per heavy atom. The van der Waals surface area contributed by atoms with Crippen molar-refractivity contribution in [3.8, 4) is 0 Å². The molecule has 0 aromatic carbocycles. The molecule has 1 unspecified atom stereocenters. The molecule has 2 fully saturated rings. The molecular formula is C11H13N4Na2O6PS2. The van der Waals surface area contributed by atoms with Crippen molar-refractivity contribution in [3.05, 3.63) is 12.7 Å². The molecule has 132 valence electrons. The zero-order chi connectivity index (χ0) is 17.9. The third kappa shape index (κ3) is 7.34. The molecule has 15 heteroatoms. The Hall–Kier alpha value is 0.830. The van der Waals surface area contributed by atoms with E-state index in [2.05, 4.69) is 21.3 Å². The normalized spacial score (nSPS) is 23.4. The van der Waals surface area contributed by atoms with Gasteiger partial charge in [-0.05, 0) is 0 Å². The molecule has 1 atom stereocenters. The molecule has 2 rings (SSSR count). The zero-order valence-corrected chi connectivity index (χ0v) is 21.0. The van der Waals surface area contributed by atoms with Crippen LogP contribution in [0.4, 0.5) is 0 Å². The fraction of sp³-hybridized carbons (Fsp3) is 0.455. The van der Waals surface area contributed by atoms with Gasteiger partial charge in [-0.25, -0.2) is 0 Å². The van der Waals surface area contributed by atoms with Gasteiger partial charge in [0.25, 0.3) is 0 Å². The van der Waals surface area contributed by atoms with Gasteiger partial charge in [0.2, 0.25) is 11.8 Å². The molecule has 0 radical (unpaired) electrons. The largest absolute Gasteiger partial charge is 1.00 e. The molecule has 2 saturated heterocycles. The number of hydrogen-bond donors (Lipinski definition) is 0. The van der Waals surface area contributed by atoms with Crippen LogP contribution in [-0.2, 0) is 18.7 Å². The first-order valence-electron chi connectivity index (χ1n) is 6.53. The summed E-state index contributed by atoms with van der Waals surface area (Å²) in [4.78, 5) is 47.2. The van der Waals surface area contributed by atoms with Gasteiger partial charge in [-0.15, -0.1) is 16.8 Å². The fourth-order valence-electron chi connectivity index (χ4n) is 1.79. The molecule has 0 spiro atoms. The molecular weight excluding hydrogens is 425 g/mol. The van der Waals surface area contributed by atoms with E-state index in [0.29, 0.717) is 11.7 Å². The summed E-state index contributed by atoms with van der Waals surface area (Å²) in [5, 5.41) is 7.62. The number of phosphoric ester groups is 1. The van der Waals surface area contributed by atoms with Gasteiger partial charge in [-0.2, -0.15) is 0 Å². The minimum atomic E-state index is -5.15. The number of rotatable bonds is 6. The van der Waals surface area contributed by atoms with E-state index in [0.717, 1.165) is 11.8 Å². The van der Waals surface area contributed by atoms with Crippen LogP contribution in [0.15, 0.2) is 22.9 Å². The van der Waals surface area contributed by atoms with E-state index in [4.69, 9.17) is 0 Å². The SMILES string of the molecule is C=CCN1C(=O)CSC1=NN=C1SC(COP(=O)([O-])[O-])C(=O)N1C.[Na+].[Na+]. The Balaban J connectivity index is 0.00000312. The van der Waals surface area contributed by atoms with Crippen LogP contribution in [-0.4, -0.2) is 63.2 Å². The molecule has 2 aliphatic rings. The Bertz CT molecular complexity index is 673. The van der Waals surface area contributed by atoms with E-state index in [1.54, 1.807) is 6.08 Å². The number of thioether (sulfide) groups is 2. The van der Waals surface area contributed by atoms with Gasteiger partial charge in [0.15, 0.2) is 10.3 Å². The van der Waals surface area contributed by atoms with Gasteiger partial charge in [0, 0.05) is 13.6 Å². The summed E-state index contributed by atoms with van der Waals surface area (Å²) in [5.41, 5.74) is 0. The van der Waals surface area contributed by atoms with Crippen molar-refractivity contribution >= 4 is 53.5 Å². The topological polar surface area (TPSA) is 138 Å². The molecule has 0 saturated carbocycles. The van der Waals surface area contributed by atoms with E-state index in [-0.39, 0.29) is 75.9 Å². The first-order chi connectivity index (χ1) is 11.2. The second-order valence-corrected chi connectivity index (χ2v) is 7.86. The van der Waals surface area contributed by atoms with Crippen molar-refractivity contribution < 1.29 is 87.6 Å². The minimum Gasteiger partial charge on any atom is -0.790 e. The first-order valence-corrected chi connectivity index (χ1v) is 9.86. The van der Waals surface area contributed by atoms with Crippen molar-refractivity contribution in [2.45, 2.75) is 5.25 Å². The van der Waals surface area contributed by atoms with Crippen LogP contribution in [0.2, 0.25) is 0 Å². The van der Waals surface area contributed by atoms with Crippen molar-refractivity contribution in [2.24, 2.45) is 10.2 Å². The predicted molar refractivity (Wildman–Crippen MR) is 86.9 cm³/mol. The van der Waals surface area contributed by atoms with Crippen LogP contribution >= 0.6 is 31.3 Å². The molecule has 2 heterocycles. The number of phosphoric acid groups is 1. The number of amides is 2. The van der Waals surface area contributed by atoms with Gasteiger partial charge in [-0.1, -0.05) is 29.6 Å². The van der Waals surface area contributed by atoms with Crippen LogP contribution < -0.4 is 68.9 Å². The summed E-state index contributed by atoms with van der Waals surface area (Å²) in [6.45, 7) is 3.30. The monoisotopic (exact) mass is 438 g/mol. The maximum absolute atomic E-state index is 12.0. The first kappa shape index (κ1) is 26.8. The standard InChI is InChI=1S/C11H15N4O6PS2.2Na/c1-3-4-15-8(16)6-23-11(15)13-12-10-14(2)9(17)7(24-10)5-21-22(18,19)20;;/h3,7H,1,4-6H2,2H3,(H2,18,19,20);;/q;2*+1/p-2. The minimum absolute atomic E-state index is 0. The Labute approximate surface area is 203 Å². The van der Waals surface area contributed by atoms with E-state index >= 15 is 0 Å². The predicted octanol–water partition coefficient (Wildman–Crippen LogP) is -7.20. The van der Waals surface area contributed by atoms with Crippen molar-refractivity contribution in [1.29, 1.82) is 0 Å². The summed E-state index contributed by atoms with van der Waals surface area (Å²) in [5.74, 6) is -0.321. The van der Waals surface area contributed by atoms with Crippen LogP contribution in [0, 0.1) is 0 Å². The molecule has 0 aromatic rings. The smallest absolute Gasteiger partial charge is 0.790 e. The maximum Gasteiger partial charge on any atom is 1.00 e. The molecule has 2 aliphatic heterocycles. The molecule has 2 amide bonds. The van der Waals surface area contributed by atoms with Gasteiger partial charge in [0.1, 0.15) is 5.25 Å². The van der Waals surface area contributed by atoms with Crippen LogP contribution in [0.5, 0.6) is 0 Å². The average molecular weight is 438 g/mol. The number of hydrogen-bond acceptors (Lipinski definition) is 10. The van der Waals surface area contributed by atoms with Crippen LogP contribution in [0.1, 0.15) is 0 Å². The number of carbonyl (C=O) groups is 2. The quantitative estimate of drug-likeness (QED) is 0.173. The van der Waals surface area contributed by atoms with E-state index in [9.17, 15) is 23.9 Å². The van der Waals surface area contributed by atoms with Gasteiger partial charge >= 0.3 is 59.1 Å². The Morgan fingerprint density at radius 2 is 1.96 bits per heavy atom. The van der Waals surface area contributed by atoms with Gasteiger partial charge < -0.3 is 18.9 Å². The van der Waals surface area contributed by atoms with E-state index in [1.807, 2.05) is 0 Å². The van der Waals surface area contributed by atoms with Gasteiger partial charge in [0.05, 0.1) is 20.2 Å². The summed E-state index contributed by atoms with van der Waals surface area (Å²) >= 11 is 2.14.